The minimum Gasteiger partial charge on any atom is -0.454 e. The number of ether oxygens (including phenoxy) is 1. The summed E-state index contributed by atoms with van der Waals surface area (Å²) in [5.41, 5.74) is 0.629. The number of nitrogens with one attached hydrogen (secondary N) is 2. The second-order valence-electron chi connectivity index (χ2n) is 6.51. The van der Waals surface area contributed by atoms with Crippen LogP contribution < -0.4 is 10.6 Å². The van der Waals surface area contributed by atoms with Crippen LogP contribution in [0.25, 0.3) is 0 Å². The molecule has 0 saturated carbocycles. The van der Waals surface area contributed by atoms with Crippen molar-refractivity contribution < 1.29 is 29.2 Å². The number of benzene rings is 2. The van der Waals surface area contributed by atoms with Crippen LogP contribution in [-0.4, -0.2) is 47.4 Å². The lowest BCUT2D eigenvalue weighted by atomic mass is 10.1. The molecule has 0 aromatic heterocycles. The van der Waals surface area contributed by atoms with Crippen molar-refractivity contribution in [3.05, 3.63) is 63.7 Å². The van der Waals surface area contributed by atoms with Crippen LogP contribution in [0.2, 0.25) is 0 Å². The summed E-state index contributed by atoms with van der Waals surface area (Å²) in [6.45, 7) is 1.24. The lowest BCUT2D eigenvalue weighted by Crippen LogP contribution is -2.17. The summed E-state index contributed by atoms with van der Waals surface area (Å²) in [7, 11) is 0. The zero-order chi connectivity index (χ0) is 22.8. The predicted molar refractivity (Wildman–Crippen MR) is 113 cm³/mol. The Morgan fingerprint density at radius 1 is 1.13 bits per heavy atom. The zero-order valence-corrected chi connectivity index (χ0v) is 16.9. The van der Waals surface area contributed by atoms with E-state index in [9.17, 15) is 24.5 Å². The third-order valence-electron chi connectivity index (χ3n) is 4.16. The molecule has 10 nitrogen and oxygen atoms in total. The number of nitrogens with zero attached hydrogens (tertiary/aromatic N) is 1. The number of non-ortho nitro benzene ring substituents is 1. The first kappa shape index (κ1) is 23.5. The van der Waals surface area contributed by atoms with Crippen LogP contribution in [0.3, 0.4) is 0 Å². The molecule has 0 heterocycles. The molecule has 2 aromatic carbocycles. The fourth-order valence-corrected chi connectivity index (χ4v) is 2.64. The van der Waals surface area contributed by atoms with Gasteiger partial charge < -0.3 is 20.5 Å². The van der Waals surface area contributed by atoms with Crippen molar-refractivity contribution in [3.63, 3.8) is 0 Å². The molecule has 1 amide bonds. The van der Waals surface area contributed by atoms with Gasteiger partial charge in [-0.1, -0.05) is 6.92 Å². The van der Waals surface area contributed by atoms with Crippen LogP contribution >= 0.6 is 0 Å². The van der Waals surface area contributed by atoms with E-state index in [4.69, 9.17) is 9.84 Å². The standard InChI is InChI=1S/C21H23N3O7/c1-2-3-20(27)23-15-6-4-14(5-7-15)19(26)13-31-21(28)17-12-16(24(29)30)8-9-18(17)22-10-11-25/h4-9,12,22,25H,2-3,10-11,13H2,1H3,(H,23,27). The number of anilines is 2. The summed E-state index contributed by atoms with van der Waals surface area (Å²) in [5, 5.41) is 25.4. The van der Waals surface area contributed by atoms with Crippen molar-refractivity contribution in [1.29, 1.82) is 0 Å². The van der Waals surface area contributed by atoms with E-state index in [2.05, 4.69) is 10.6 Å². The number of amides is 1. The Balaban J connectivity index is 2.04. The molecule has 0 spiro atoms. The smallest absolute Gasteiger partial charge is 0.340 e. The summed E-state index contributed by atoms with van der Waals surface area (Å²) in [5.74, 6) is -1.52. The van der Waals surface area contributed by atoms with Crippen LogP contribution in [0, 0.1) is 10.1 Å². The highest BCUT2D eigenvalue weighted by molar-refractivity contribution is 6.01. The van der Waals surface area contributed by atoms with E-state index in [0.29, 0.717) is 12.1 Å². The lowest BCUT2D eigenvalue weighted by molar-refractivity contribution is -0.384. The highest BCUT2D eigenvalue weighted by Gasteiger charge is 2.19. The minimum atomic E-state index is -0.916. The molecule has 0 radical (unpaired) electrons. The van der Waals surface area contributed by atoms with Gasteiger partial charge in [-0.15, -0.1) is 0 Å². The summed E-state index contributed by atoms with van der Waals surface area (Å²) in [6, 6.07) is 9.72. The van der Waals surface area contributed by atoms with E-state index < -0.39 is 23.3 Å². The van der Waals surface area contributed by atoms with Gasteiger partial charge >= 0.3 is 5.97 Å². The molecule has 2 aromatic rings. The maximum absolute atomic E-state index is 12.4. The summed E-state index contributed by atoms with van der Waals surface area (Å²) >= 11 is 0. The zero-order valence-electron chi connectivity index (χ0n) is 16.9. The van der Waals surface area contributed by atoms with Crippen LogP contribution in [0.1, 0.15) is 40.5 Å². The van der Waals surface area contributed by atoms with E-state index in [1.807, 2.05) is 6.92 Å². The number of nitro benzene ring substituents is 1. The van der Waals surface area contributed by atoms with Gasteiger partial charge in [-0.3, -0.25) is 19.7 Å². The highest BCUT2D eigenvalue weighted by Crippen LogP contribution is 2.23. The number of carbonyl (C=O) groups is 3. The second kappa shape index (κ2) is 11.4. The number of aliphatic hydroxyl groups excluding tert-OH is 1. The molecule has 0 saturated heterocycles. The number of esters is 1. The molecule has 164 valence electrons. The molecular formula is C21H23N3O7. The Kier molecular flexibility index (Phi) is 8.64. The molecule has 2 rings (SSSR count). The maximum Gasteiger partial charge on any atom is 0.340 e. The topological polar surface area (TPSA) is 148 Å². The van der Waals surface area contributed by atoms with Gasteiger partial charge in [0.15, 0.2) is 12.4 Å². The normalized spacial score (nSPS) is 10.3. The molecule has 0 aliphatic rings. The third kappa shape index (κ3) is 6.89. The van der Waals surface area contributed by atoms with Gasteiger partial charge in [0.1, 0.15) is 0 Å². The number of hydrogen-bond donors (Lipinski definition) is 3. The number of Topliss-reactive ketones (excluding diaryl/α,β-unsaturated/α-hetero) is 1. The van der Waals surface area contributed by atoms with Crippen molar-refractivity contribution in [3.8, 4) is 0 Å². The van der Waals surface area contributed by atoms with Crippen LogP contribution in [0.15, 0.2) is 42.5 Å². The first-order valence-electron chi connectivity index (χ1n) is 9.59. The fraction of sp³-hybridized carbons (Fsp3) is 0.286. The summed E-state index contributed by atoms with van der Waals surface area (Å²) < 4.78 is 5.04. The number of ketones is 1. The monoisotopic (exact) mass is 429 g/mol. The average molecular weight is 429 g/mol. The largest absolute Gasteiger partial charge is 0.454 e. The quantitative estimate of drug-likeness (QED) is 0.214. The van der Waals surface area contributed by atoms with Crippen LogP contribution in [0.5, 0.6) is 0 Å². The van der Waals surface area contributed by atoms with Gasteiger partial charge in [0.05, 0.1) is 17.1 Å². The Morgan fingerprint density at radius 3 is 2.45 bits per heavy atom. The first-order chi connectivity index (χ1) is 14.8. The summed E-state index contributed by atoms with van der Waals surface area (Å²) in [4.78, 5) is 46.7. The van der Waals surface area contributed by atoms with Gasteiger partial charge in [0.25, 0.3) is 5.69 Å². The number of hydrogen-bond acceptors (Lipinski definition) is 8. The van der Waals surface area contributed by atoms with Gasteiger partial charge in [0.2, 0.25) is 5.91 Å². The van der Waals surface area contributed by atoms with E-state index in [-0.39, 0.29) is 41.6 Å². The number of nitro groups is 1. The van der Waals surface area contributed by atoms with Crippen molar-refractivity contribution in [2.75, 3.05) is 30.4 Å². The van der Waals surface area contributed by atoms with Crippen molar-refractivity contribution >= 4 is 34.7 Å². The van der Waals surface area contributed by atoms with Gasteiger partial charge in [-0.05, 0) is 36.8 Å². The highest BCUT2D eigenvalue weighted by atomic mass is 16.6. The fourth-order valence-electron chi connectivity index (χ4n) is 2.64. The molecule has 0 fully saturated rings. The second-order valence-corrected chi connectivity index (χ2v) is 6.51. The Bertz CT molecular complexity index is 958. The molecule has 31 heavy (non-hydrogen) atoms. The Labute approximate surface area is 178 Å². The van der Waals surface area contributed by atoms with Crippen molar-refractivity contribution in [2.45, 2.75) is 19.8 Å². The Morgan fingerprint density at radius 2 is 1.84 bits per heavy atom. The number of carbonyl (C=O) groups excluding carboxylic acids is 3. The number of aliphatic hydroxyl groups is 1. The molecule has 0 bridgehead atoms. The molecule has 0 aliphatic heterocycles. The molecule has 3 N–H and O–H groups in total. The van der Waals surface area contributed by atoms with E-state index >= 15 is 0 Å². The first-order valence-corrected chi connectivity index (χ1v) is 9.59. The number of rotatable bonds is 11. The van der Waals surface area contributed by atoms with Gasteiger partial charge in [-0.2, -0.15) is 0 Å². The Hall–Kier alpha value is -3.79. The molecule has 0 unspecified atom stereocenters. The lowest BCUT2D eigenvalue weighted by Gasteiger charge is -2.11. The van der Waals surface area contributed by atoms with Gasteiger partial charge in [0, 0.05) is 42.0 Å². The van der Waals surface area contributed by atoms with Gasteiger partial charge in [-0.25, -0.2) is 4.79 Å². The van der Waals surface area contributed by atoms with E-state index in [1.165, 1.54) is 24.3 Å². The molecule has 0 aliphatic carbocycles. The minimum absolute atomic E-state index is 0.121. The third-order valence-corrected chi connectivity index (χ3v) is 4.16. The molecule has 10 heteroatoms. The van der Waals surface area contributed by atoms with Crippen LogP contribution in [0.4, 0.5) is 17.1 Å². The van der Waals surface area contributed by atoms with E-state index in [1.54, 1.807) is 12.1 Å². The average Bonchev–Trinajstić information content (AvgIpc) is 2.76. The summed E-state index contributed by atoms with van der Waals surface area (Å²) in [6.07, 6.45) is 1.11. The van der Waals surface area contributed by atoms with E-state index in [0.717, 1.165) is 12.5 Å². The SMILES string of the molecule is CCCC(=O)Nc1ccc(C(=O)COC(=O)c2cc([N+](=O)[O-])ccc2NCCO)cc1. The molecular weight excluding hydrogens is 406 g/mol. The van der Waals surface area contributed by atoms with Crippen molar-refractivity contribution in [2.24, 2.45) is 0 Å². The predicted octanol–water partition coefficient (Wildman–Crippen LogP) is 2.78. The van der Waals surface area contributed by atoms with Crippen molar-refractivity contribution in [1.82, 2.24) is 0 Å². The molecule has 0 atom stereocenters. The maximum atomic E-state index is 12.4. The van der Waals surface area contributed by atoms with Crippen LogP contribution in [-0.2, 0) is 9.53 Å².